The minimum atomic E-state index is -0.678. The van der Waals surface area contributed by atoms with Crippen molar-refractivity contribution in [1.29, 1.82) is 0 Å². The highest BCUT2D eigenvalue weighted by molar-refractivity contribution is 5.96. The third-order valence-electron chi connectivity index (χ3n) is 6.14. The number of anilines is 1. The summed E-state index contributed by atoms with van der Waals surface area (Å²) in [4.78, 5) is 28.6. The number of hydrogen-bond acceptors (Lipinski definition) is 3. The smallest absolute Gasteiger partial charge is 0.311 e. The minimum absolute atomic E-state index is 0.0997. The van der Waals surface area contributed by atoms with Crippen molar-refractivity contribution in [3.05, 3.63) is 29.8 Å². The van der Waals surface area contributed by atoms with Crippen molar-refractivity contribution in [2.75, 3.05) is 31.1 Å². The summed E-state index contributed by atoms with van der Waals surface area (Å²) in [7, 11) is 0. The summed E-state index contributed by atoms with van der Waals surface area (Å²) < 4.78 is 0. The van der Waals surface area contributed by atoms with Gasteiger partial charge in [0.2, 0.25) is 5.91 Å². The fourth-order valence-corrected chi connectivity index (χ4v) is 4.93. The molecule has 5 nitrogen and oxygen atoms in total. The normalized spacial score (nSPS) is 29.3. The van der Waals surface area contributed by atoms with Crippen LogP contribution in [0.1, 0.15) is 31.2 Å². The SMILES string of the molecule is O=C(CN1C[C@@H]2CCC[C@@]2(C(=O)O)C1)N1CCCc2ccccc21. The Kier molecular flexibility index (Phi) is 3.83. The molecule has 1 aromatic carbocycles. The maximum absolute atomic E-state index is 12.8. The molecule has 2 heterocycles. The predicted octanol–water partition coefficient (Wildman–Crippen LogP) is 2.15. The second kappa shape index (κ2) is 5.88. The first kappa shape index (κ1) is 15.6. The zero-order valence-corrected chi connectivity index (χ0v) is 13.9. The molecule has 0 aromatic heterocycles. The lowest BCUT2D eigenvalue weighted by Gasteiger charge is -2.31. The van der Waals surface area contributed by atoms with Crippen LogP contribution in [0.15, 0.2) is 24.3 Å². The fraction of sp³-hybridized carbons (Fsp3) is 0.579. The molecule has 1 aliphatic carbocycles. The maximum atomic E-state index is 12.8. The topological polar surface area (TPSA) is 60.9 Å². The molecule has 5 heteroatoms. The van der Waals surface area contributed by atoms with Crippen molar-refractivity contribution in [2.24, 2.45) is 11.3 Å². The minimum Gasteiger partial charge on any atom is -0.481 e. The molecular weight excluding hydrogens is 304 g/mol. The highest BCUT2D eigenvalue weighted by Gasteiger charge is 2.54. The highest BCUT2D eigenvalue weighted by Crippen LogP contribution is 2.48. The second-order valence-corrected chi connectivity index (χ2v) is 7.50. The number of carbonyl (C=O) groups excluding carboxylic acids is 1. The molecule has 2 atom stereocenters. The average Bonchev–Trinajstić information content (AvgIpc) is 3.12. The van der Waals surface area contributed by atoms with Crippen LogP contribution in [0, 0.1) is 11.3 Å². The number of carbonyl (C=O) groups is 2. The van der Waals surface area contributed by atoms with E-state index in [1.54, 1.807) is 0 Å². The molecule has 0 spiro atoms. The number of amides is 1. The summed E-state index contributed by atoms with van der Waals surface area (Å²) >= 11 is 0. The van der Waals surface area contributed by atoms with Gasteiger partial charge in [-0.25, -0.2) is 0 Å². The highest BCUT2D eigenvalue weighted by atomic mass is 16.4. The van der Waals surface area contributed by atoms with Gasteiger partial charge in [0.25, 0.3) is 0 Å². The second-order valence-electron chi connectivity index (χ2n) is 7.50. The Morgan fingerprint density at radius 2 is 2.08 bits per heavy atom. The summed E-state index contributed by atoms with van der Waals surface area (Å²) in [6, 6.07) is 8.10. The van der Waals surface area contributed by atoms with Gasteiger partial charge >= 0.3 is 5.97 Å². The molecule has 4 rings (SSSR count). The van der Waals surface area contributed by atoms with Crippen molar-refractivity contribution in [3.63, 3.8) is 0 Å². The molecule has 24 heavy (non-hydrogen) atoms. The van der Waals surface area contributed by atoms with Gasteiger partial charge in [0.1, 0.15) is 0 Å². The third-order valence-corrected chi connectivity index (χ3v) is 6.14. The van der Waals surface area contributed by atoms with Crippen LogP contribution in [0.4, 0.5) is 5.69 Å². The standard InChI is InChI=1S/C19H24N2O3/c22-17(21-10-4-6-14-5-1-2-8-16(14)21)12-20-11-15-7-3-9-19(15,13-20)18(23)24/h1-2,5,8,15H,3-4,6-7,9-13H2,(H,23,24)/t15-,19+/m0/s1. The Hall–Kier alpha value is -1.88. The molecule has 1 aromatic rings. The van der Waals surface area contributed by atoms with Crippen LogP contribution >= 0.6 is 0 Å². The summed E-state index contributed by atoms with van der Waals surface area (Å²) in [5.41, 5.74) is 1.65. The molecule has 0 radical (unpaired) electrons. The number of benzene rings is 1. The first-order valence-electron chi connectivity index (χ1n) is 8.94. The van der Waals surface area contributed by atoms with E-state index in [0.717, 1.165) is 50.9 Å². The van der Waals surface area contributed by atoms with Gasteiger partial charge in [-0.05, 0) is 43.2 Å². The quantitative estimate of drug-likeness (QED) is 0.923. The average molecular weight is 328 g/mol. The number of fused-ring (bicyclic) bond motifs is 2. The zero-order chi connectivity index (χ0) is 16.7. The van der Waals surface area contributed by atoms with Crippen LogP contribution in [0.3, 0.4) is 0 Å². The van der Waals surface area contributed by atoms with E-state index in [9.17, 15) is 14.7 Å². The van der Waals surface area contributed by atoms with Gasteiger partial charge in [0.15, 0.2) is 0 Å². The van der Waals surface area contributed by atoms with Crippen LogP contribution in [0.2, 0.25) is 0 Å². The first-order chi connectivity index (χ1) is 11.6. The van der Waals surface area contributed by atoms with E-state index in [-0.39, 0.29) is 11.8 Å². The number of nitrogens with zero attached hydrogens (tertiary/aromatic N) is 2. The van der Waals surface area contributed by atoms with Gasteiger partial charge in [-0.3, -0.25) is 14.5 Å². The van der Waals surface area contributed by atoms with Crippen molar-refractivity contribution in [3.8, 4) is 0 Å². The summed E-state index contributed by atoms with van der Waals surface area (Å²) in [5.74, 6) is -0.373. The zero-order valence-electron chi connectivity index (χ0n) is 13.9. The van der Waals surface area contributed by atoms with Gasteiger partial charge in [0.05, 0.1) is 12.0 Å². The number of aliphatic carboxylic acids is 1. The molecule has 1 saturated carbocycles. The lowest BCUT2D eigenvalue weighted by molar-refractivity contribution is -0.149. The maximum Gasteiger partial charge on any atom is 0.311 e. The summed E-state index contributed by atoms with van der Waals surface area (Å²) in [5, 5.41) is 9.68. The van der Waals surface area contributed by atoms with E-state index in [1.807, 2.05) is 23.1 Å². The van der Waals surface area contributed by atoms with Gasteiger partial charge in [-0.1, -0.05) is 24.6 Å². The van der Waals surface area contributed by atoms with Gasteiger partial charge < -0.3 is 10.0 Å². The number of aryl methyl sites for hydroxylation is 1. The van der Waals surface area contributed by atoms with Crippen molar-refractivity contribution in [2.45, 2.75) is 32.1 Å². The number of para-hydroxylation sites is 1. The van der Waals surface area contributed by atoms with Crippen LogP contribution in [-0.2, 0) is 16.0 Å². The van der Waals surface area contributed by atoms with E-state index >= 15 is 0 Å². The van der Waals surface area contributed by atoms with Crippen LogP contribution in [-0.4, -0.2) is 48.1 Å². The first-order valence-corrected chi connectivity index (χ1v) is 8.94. The summed E-state index contributed by atoms with van der Waals surface area (Å²) in [6.07, 6.45) is 4.74. The third kappa shape index (κ3) is 2.42. The Morgan fingerprint density at radius 1 is 1.25 bits per heavy atom. The lowest BCUT2D eigenvalue weighted by Crippen LogP contribution is -2.43. The van der Waals surface area contributed by atoms with Crippen molar-refractivity contribution < 1.29 is 14.7 Å². The Labute approximate surface area is 142 Å². The monoisotopic (exact) mass is 328 g/mol. The molecule has 3 aliphatic rings. The van der Waals surface area contributed by atoms with E-state index in [1.165, 1.54) is 5.56 Å². The number of rotatable bonds is 3. The molecule has 1 amide bonds. The number of hydrogen-bond donors (Lipinski definition) is 1. The van der Waals surface area contributed by atoms with Crippen molar-refractivity contribution >= 4 is 17.6 Å². The van der Waals surface area contributed by atoms with E-state index in [2.05, 4.69) is 11.0 Å². The van der Waals surface area contributed by atoms with Gasteiger partial charge in [-0.15, -0.1) is 0 Å². The Balaban J connectivity index is 1.48. The van der Waals surface area contributed by atoms with E-state index in [4.69, 9.17) is 0 Å². The van der Waals surface area contributed by atoms with E-state index < -0.39 is 11.4 Å². The van der Waals surface area contributed by atoms with Crippen LogP contribution in [0.25, 0.3) is 0 Å². The number of carboxylic acids is 1. The van der Waals surface area contributed by atoms with E-state index in [0.29, 0.717) is 13.1 Å². The number of carboxylic acid groups (broad SMARTS) is 1. The molecule has 128 valence electrons. The molecule has 2 fully saturated rings. The summed E-state index contributed by atoms with van der Waals surface area (Å²) in [6.45, 7) is 2.36. The Bertz CT molecular complexity index is 674. The van der Waals surface area contributed by atoms with Crippen LogP contribution in [0.5, 0.6) is 0 Å². The van der Waals surface area contributed by atoms with Gasteiger partial charge in [0, 0.05) is 25.3 Å². The molecule has 0 unspecified atom stereocenters. The molecule has 0 bridgehead atoms. The van der Waals surface area contributed by atoms with Crippen LogP contribution < -0.4 is 4.90 Å². The number of likely N-dealkylation sites (tertiary alicyclic amines) is 1. The van der Waals surface area contributed by atoms with Crippen molar-refractivity contribution in [1.82, 2.24) is 4.90 Å². The molecule has 1 saturated heterocycles. The molecule has 1 N–H and O–H groups in total. The molecular formula is C19H24N2O3. The predicted molar refractivity (Wildman–Crippen MR) is 91.0 cm³/mol. The fourth-order valence-electron chi connectivity index (χ4n) is 4.93. The van der Waals surface area contributed by atoms with Gasteiger partial charge in [-0.2, -0.15) is 0 Å². The lowest BCUT2D eigenvalue weighted by atomic mass is 9.81. The molecule has 2 aliphatic heterocycles. The largest absolute Gasteiger partial charge is 0.481 e. The Morgan fingerprint density at radius 3 is 2.88 bits per heavy atom.